The average molecular weight is 406 g/mol. The molecule has 0 unspecified atom stereocenters. The van der Waals surface area contributed by atoms with E-state index in [1.54, 1.807) is 5.57 Å². The fraction of sp³-hybridized carbons (Fsp3) is 0.462. The van der Waals surface area contributed by atoms with Crippen LogP contribution in [0.1, 0.15) is 62.2 Å². The van der Waals surface area contributed by atoms with Crippen LogP contribution in [0.4, 0.5) is 0 Å². The quantitative estimate of drug-likeness (QED) is 0.486. The van der Waals surface area contributed by atoms with Crippen LogP contribution in [0, 0.1) is 0 Å². The van der Waals surface area contributed by atoms with E-state index in [2.05, 4.69) is 92.1 Å². The number of hydrogen-bond acceptors (Lipinski definition) is 2. The molecule has 0 spiro atoms. The van der Waals surface area contributed by atoms with Crippen molar-refractivity contribution in [3.63, 3.8) is 0 Å². The molecule has 0 saturated heterocycles. The molecule has 1 aliphatic carbocycles. The summed E-state index contributed by atoms with van der Waals surface area (Å²) >= 11 is 0. The molecule has 2 nitrogen and oxygen atoms in total. The topological polar surface area (TPSA) is 12.5 Å². The smallest absolute Gasteiger partial charge is 0.241 e. The summed E-state index contributed by atoms with van der Waals surface area (Å²) in [5.74, 6) is 1.32. The van der Waals surface area contributed by atoms with Crippen LogP contribution in [-0.4, -0.2) is 19.3 Å². The maximum absolute atomic E-state index is 6.73. The van der Waals surface area contributed by atoms with Gasteiger partial charge in [-0.3, -0.25) is 4.90 Å². The fourth-order valence-electron chi connectivity index (χ4n) is 5.16. The van der Waals surface area contributed by atoms with Crippen molar-refractivity contribution in [2.45, 2.75) is 76.8 Å². The summed E-state index contributed by atoms with van der Waals surface area (Å²) in [4.78, 5) is 2.80. The van der Waals surface area contributed by atoms with Crippen LogP contribution in [0.15, 0.2) is 72.0 Å². The standard InChI is InChI=1S/C26H35NOSi/c1-20(21-13-7-5-8-14-21)27-24-18-12-11-17-23(24)26(28-29(2,3)4)19-25(27)22-15-9-6-10-16-22/h5-10,13-16,20,24-25H,11-12,17-19H2,1-4H3/t20-,24+,25-/m1/s1. The molecule has 0 N–H and O–H groups in total. The Morgan fingerprint density at radius 3 is 2.21 bits per heavy atom. The van der Waals surface area contributed by atoms with E-state index in [1.165, 1.54) is 42.6 Å². The third-order valence-electron chi connectivity index (χ3n) is 6.38. The molecule has 2 aromatic rings. The molecule has 0 amide bonds. The second kappa shape index (κ2) is 8.49. The number of rotatable bonds is 5. The summed E-state index contributed by atoms with van der Waals surface area (Å²) in [7, 11) is -1.64. The molecule has 0 aromatic heterocycles. The summed E-state index contributed by atoms with van der Waals surface area (Å²) in [6.45, 7) is 9.33. The van der Waals surface area contributed by atoms with Gasteiger partial charge in [0.2, 0.25) is 8.32 Å². The molecule has 2 aromatic carbocycles. The van der Waals surface area contributed by atoms with E-state index in [1.807, 2.05) is 0 Å². The van der Waals surface area contributed by atoms with Gasteiger partial charge in [-0.2, -0.15) is 0 Å². The van der Waals surface area contributed by atoms with Gasteiger partial charge in [-0.25, -0.2) is 0 Å². The van der Waals surface area contributed by atoms with Crippen molar-refractivity contribution in [1.29, 1.82) is 0 Å². The van der Waals surface area contributed by atoms with Crippen LogP contribution in [-0.2, 0) is 4.43 Å². The summed E-state index contributed by atoms with van der Waals surface area (Å²) < 4.78 is 6.73. The summed E-state index contributed by atoms with van der Waals surface area (Å²) in [5, 5.41) is 0. The average Bonchev–Trinajstić information content (AvgIpc) is 2.73. The molecule has 1 saturated carbocycles. The number of nitrogens with zero attached hydrogens (tertiary/aromatic N) is 1. The lowest BCUT2D eigenvalue weighted by atomic mass is 9.80. The molecular formula is C26H35NOSi. The van der Waals surface area contributed by atoms with Crippen molar-refractivity contribution >= 4 is 8.32 Å². The van der Waals surface area contributed by atoms with Crippen LogP contribution in [0.2, 0.25) is 19.6 Å². The molecule has 29 heavy (non-hydrogen) atoms. The number of benzene rings is 2. The van der Waals surface area contributed by atoms with E-state index in [-0.39, 0.29) is 0 Å². The normalized spacial score (nSPS) is 24.1. The second-order valence-corrected chi connectivity index (χ2v) is 14.0. The van der Waals surface area contributed by atoms with Gasteiger partial charge in [0.05, 0.1) is 5.76 Å². The fourth-order valence-corrected chi connectivity index (χ4v) is 6.12. The molecule has 3 heteroatoms. The maximum atomic E-state index is 6.73. The van der Waals surface area contributed by atoms with E-state index < -0.39 is 8.32 Å². The molecule has 1 aliphatic heterocycles. The molecular weight excluding hydrogens is 370 g/mol. The van der Waals surface area contributed by atoms with Gasteiger partial charge < -0.3 is 4.43 Å². The SMILES string of the molecule is C[C@H](c1ccccc1)N1[C@@H](c2ccccc2)CC(O[Si](C)(C)C)=C2CCCC[C@@H]21. The first-order valence-electron chi connectivity index (χ1n) is 11.2. The van der Waals surface area contributed by atoms with Crippen molar-refractivity contribution in [1.82, 2.24) is 4.90 Å². The van der Waals surface area contributed by atoms with Crippen molar-refractivity contribution in [2.24, 2.45) is 0 Å². The van der Waals surface area contributed by atoms with E-state index in [0.29, 0.717) is 18.1 Å². The minimum atomic E-state index is -1.64. The Hall–Kier alpha value is -1.84. The van der Waals surface area contributed by atoms with Gasteiger partial charge in [-0.15, -0.1) is 0 Å². The lowest BCUT2D eigenvalue weighted by molar-refractivity contribution is 0.0614. The predicted octanol–water partition coefficient (Wildman–Crippen LogP) is 7.24. The lowest BCUT2D eigenvalue weighted by Gasteiger charge is -2.50. The van der Waals surface area contributed by atoms with E-state index in [4.69, 9.17) is 4.43 Å². The zero-order valence-corrected chi connectivity index (χ0v) is 19.4. The van der Waals surface area contributed by atoms with Crippen LogP contribution in [0.5, 0.6) is 0 Å². The Kier molecular flexibility index (Phi) is 5.98. The van der Waals surface area contributed by atoms with Crippen molar-refractivity contribution in [3.05, 3.63) is 83.1 Å². The molecule has 4 rings (SSSR count). The molecule has 0 bridgehead atoms. The van der Waals surface area contributed by atoms with Gasteiger partial charge in [-0.1, -0.05) is 67.1 Å². The molecule has 1 fully saturated rings. The molecule has 0 radical (unpaired) electrons. The highest BCUT2D eigenvalue weighted by molar-refractivity contribution is 6.70. The predicted molar refractivity (Wildman–Crippen MR) is 124 cm³/mol. The van der Waals surface area contributed by atoms with Gasteiger partial charge in [0.1, 0.15) is 0 Å². The van der Waals surface area contributed by atoms with Crippen molar-refractivity contribution in [2.75, 3.05) is 0 Å². The van der Waals surface area contributed by atoms with Gasteiger partial charge >= 0.3 is 0 Å². The van der Waals surface area contributed by atoms with Gasteiger partial charge in [-0.05, 0) is 62.5 Å². The Morgan fingerprint density at radius 1 is 0.897 bits per heavy atom. The number of hydrogen-bond donors (Lipinski definition) is 0. The van der Waals surface area contributed by atoms with Crippen LogP contribution < -0.4 is 0 Å². The molecule has 3 atom stereocenters. The highest BCUT2D eigenvalue weighted by atomic mass is 28.4. The zero-order chi connectivity index (χ0) is 20.4. The number of fused-ring (bicyclic) bond motifs is 1. The second-order valence-electron chi connectivity index (χ2n) is 9.59. The van der Waals surface area contributed by atoms with Crippen LogP contribution >= 0.6 is 0 Å². The highest BCUT2D eigenvalue weighted by Gasteiger charge is 2.41. The summed E-state index contributed by atoms with van der Waals surface area (Å²) in [6.07, 6.45) is 6.05. The van der Waals surface area contributed by atoms with Crippen LogP contribution in [0.3, 0.4) is 0 Å². The Labute approximate surface area is 177 Å². The Balaban J connectivity index is 1.79. The molecule has 2 aliphatic rings. The Bertz CT molecular complexity index is 840. The zero-order valence-electron chi connectivity index (χ0n) is 18.4. The first-order chi connectivity index (χ1) is 13.9. The van der Waals surface area contributed by atoms with Gasteiger partial charge in [0.25, 0.3) is 0 Å². The maximum Gasteiger partial charge on any atom is 0.241 e. The van der Waals surface area contributed by atoms with Gasteiger partial charge in [0.15, 0.2) is 0 Å². The first-order valence-corrected chi connectivity index (χ1v) is 14.6. The third kappa shape index (κ3) is 4.51. The third-order valence-corrected chi connectivity index (χ3v) is 7.23. The summed E-state index contributed by atoms with van der Waals surface area (Å²) in [5.41, 5.74) is 4.41. The Morgan fingerprint density at radius 2 is 1.55 bits per heavy atom. The van der Waals surface area contributed by atoms with E-state index in [9.17, 15) is 0 Å². The minimum Gasteiger partial charge on any atom is -0.547 e. The van der Waals surface area contributed by atoms with Crippen LogP contribution in [0.25, 0.3) is 0 Å². The largest absolute Gasteiger partial charge is 0.547 e. The first kappa shape index (κ1) is 20.4. The van der Waals surface area contributed by atoms with Gasteiger partial charge in [0, 0.05) is 24.5 Å². The minimum absolute atomic E-state index is 0.365. The molecule has 154 valence electrons. The summed E-state index contributed by atoms with van der Waals surface area (Å²) in [6, 6.07) is 23.4. The molecule has 1 heterocycles. The van der Waals surface area contributed by atoms with Crippen molar-refractivity contribution < 1.29 is 4.43 Å². The monoisotopic (exact) mass is 405 g/mol. The highest BCUT2D eigenvalue weighted by Crippen LogP contribution is 2.48. The van der Waals surface area contributed by atoms with E-state index in [0.717, 1.165) is 6.42 Å². The van der Waals surface area contributed by atoms with Crippen molar-refractivity contribution in [3.8, 4) is 0 Å². The lowest BCUT2D eigenvalue weighted by Crippen LogP contribution is -2.47. The van der Waals surface area contributed by atoms with E-state index >= 15 is 0 Å².